The van der Waals surface area contributed by atoms with Gasteiger partial charge in [-0.1, -0.05) is 49.6 Å². The van der Waals surface area contributed by atoms with Crippen LogP contribution in [0.3, 0.4) is 0 Å². The zero-order valence-corrected chi connectivity index (χ0v) is 13.2. The molecule has 2 N–H and O–H groups in total. The second-order valence-electron chi connectivity index (χ2n) is 6.50. The van der Waals surface area contributed by atoms with Crippen LogP contribution in [0.15, 0.2) is 24.3 Å². The second kappa shape index (κ2) is 6.73. The van der Waals surface area contributed by atoms with Gasteiger partial charge in [0.15, 0.2) is 0 Å². The Bertz CT molecular complexity index is 427. The highest BCUT2D eigenvalue weighted by atomic mass is 16.5. The molecule has 2 rings (SSSR count). The summed E-state index contributed by atoms with van der Waals surface area (Å²) in [6.45, 7) is 7.30. The van der Waals surface area contributed by atoms with Gasteiger partial charge in [-0.25, -0.2) is 0 Å². The van der Waals surface area contributed by atoms with Crippen molar-refractivity contribution in [3.63, 3.8) is 0 Å². The molecule has 2 nitrogen and oxygen atoms in total. The Balaban J connectivity index is 2.12. The van der Waals surface area contributed by atoms with Crippen LogP contribution in [-0.4, -0.2) is 18.2 Å². The molecule has 2 heteroatoms. The summed E-state index contributed by atoms with van der Waals surface area (Å²) in [5.41, 5.74) is 9.11. The van der Waals surface area contributed by atoms with Crippen LogP contribution in [0.4, 0.5) is 0 Å². The van der Waals surface area contributed by atoms with Gasteiger partial charge in [0.25, 0.3) is 0 Å². The summed E-state index contributed by atoms with van der Waals surface area (Å²) >= 11 is 0. The lowest BCUT2D eigenvalue weighted by Crippen LogP contribution is -2.53. The Kier molecular flexibility index (Phi) is 5.22. The highest BCUT2D eigenvalue weighted by molar-refractivity contribution is 5.23. The predicted molar refractivity (Wildman–Crippen MR) is 84.8 cm³/mol. The van der Waals surface area contributed by atoms with Gasteiger partial charge in [0, 0.05) is 12.6 Å². The molecule has 3 unspecified atom stereocenters. The number of nitrogens with two attached hydrogens (primary N) is 1. The summed E-state index contributed by atoms with van der Waals surface area (Å²) in [6, 6.07) is 8.77. The van der Waals surface area contributed by atoms with E-state index in [0.717, 1.165) is 31.8 Å². The van der Waals surface area contributed by atoms with Crippen LogP contribution < -0.4 is 5.73 Å². The maximum absolute atomic E-state index is 6.59. The van der Waals surface area contributed by atoms with Crippen molar-refractivity contribution in [3.8, 4) is 0 Å². The van der Waals surface area contributed by atoms with Gasteiger partial charge in [-0.2, -0.15) is 0 Å². The Morgan fingerprint density at radius 2 is 2.25 bits per heavy atom. The van der Waals surface area contributed by atoms with Crippen molar-refractivity contribution in [2.24, 2.45) is 11.7 Å². The summed E-state index contributed by atoms with van der Waals surface area (Å²) in [5.74, 6) is 0.721. The number of hydrogen-bond donors (Lipinski definition) is 1. The van der Waals surface area contributed by atoms with E-state index in [2.05, 4.69) is 45.0 Å². The number of benzene rings is 1. The van der Waals surface area contributed by atoms with Crippen LogP contribution in [0, 0.1) is 12.8 Å². The maximum Gasteiger partial charge on any atom is 0.0838 e. The maximum atomic E-state index is 6.59. The van der Waals surface area contributed by atoms with Crippen LogP contribution in [-0.2, 0) is 11.2 Å². The van der Waals surface area contributed by atoms with E-state index < -0.39 is 0 Å². The minimum absolute atomic E-state index is 0.0898. The van der Waals surface area contributed by atoms with Gasteiger partial charge in [-0.05, 0) is 44.6 Å². The average molecular weight is 275 g/mol. The molecule has 112 valence electrons. The normalized spacial score (nSPS) is 28.3. The van der Waals surface area contributed by atoms with Crippen molar-refractivity contribution in [3.05, 3.63) is 35.4 Å². The van der Waals surface area contributed by atoms with Gasteiger partial charge in [-0.3, -0.25) is 0 Å². The molecule has 0 radical (unpaired) electrons. The molecule has 1 saturated carbocycles. The summed E-state index contributed by atoms with van der Waals surface area (Å²) in [7, 11) is 0. The second-order valence-corrected chi connectivity index (χ2v) is 6.50. The number of hydrogen-bond acceptors (Lipinski definition) is 2. The molecule has 0 saturated heterocycles. The molecule has 1 aliphatic rings. The fraction of sp³-hybridized carbons (Fsp3) is 0.667. The number of rotatable bonds is 5. The van der Waals surface area contributed by atoms with E-state index in [4.69, 9.17) is 10.5 Å². The van der Waals surface area contributed by atoms with Crippen LogP contribution in [0.2, 0.25) is 0 Å². The summed E-state index contributed by atoms with van der Waals surface area (Å²) < 4.78 is 6.18. The van der Waals surface area contributed by atoms with Crippen LogP contribution in [0.1, 0.15) is 50.7 Å². The number of ether oxygens (including phenoxy) is 1. The Hall–Kier alpha value is -0.860. The van der Waals surface area contributed by atoms with Gasteiger partial charge in [0.1, 0.15) is 0 Å². The van der Waals surface area contributed by atoms with Crippen LogP contribution in [0.5, 0.6) is 0 Å². The SMILES string of the molecule is CCOC1(C(N)Cc2cccc(C)c2)CCCC(C)C1. The molecule has 20 heavy (non-hydrogen) atoms. The van der Waals surface area contributed by atoms with Crippen molar-refractivity contribution in [1.29, 1.82) is 0 Å². The van der Waals surface area contributed by atoms with Crippen LogP contribution in [0.25, 0.3) is 0 Å². The zero-order valence-electron chi connectivity index (χ0n) is 13.2. The quantitative estimate of drug-likeness (QED) is 0.886. The molecule has 0 heterocycles. The van der Waals surface area contributed by atoms with E-state index >= 15 is 0 Å². The lowest BCUT2D eigenvalue weighted by atomic mass is 9.73. The van der Waals surface area contributed by atoms with Gasteiger partial charge in [0.05, 0.1) is 5.60 Å². The van der Waals surface area contributed by atoms with E-state index in [1.54, 1.807) is 0 Å². The minimum atomic E-state index is -0.115. The van der Waals surface area contributed by atoms with Crippen LogP contribution >= 0.6 is 0 Å². The van der Waals surface area contributed by atoms with E-state index in [1.807, 2.05) is 0 Å². The molecular formula is C18H29NO. The molecule has 0 bridgehead atoms. The summed E-state index contributed by atoms with van der Waals surface area (Å²) in [4.78, 5) is 0. The molecule has 0 aromatic heterocycles. The van der Waals surface area contributed by atoms with Crippen molar-refractivity contribution in [2.45, 2.75) is 64.5 Å². The smallest absolute Gasteiger partial charge is 0.0838 e. The third kappa shape index (κ3) is 3.62. The first kappa shape index (κ1) is 15.5. The van der Waals surface area contributed by atoms with E-state index in [9.17, 15) is 0 Å². The Labute approximate surface area is 123 Å². The minimum Gasteiger partial charge on any atom is -0.374 e. The lowest BCUT2D eigenvalue weighted by Gasteiger charge is -2.44. The molecule has 1 aliphatic carbocycles. The highest BCUT2D eigenvalue weighted by Gasteiger charge is 2.40. The fourth-order valence-corrected chi connectivity index (χ4v) is 3.69. The van der Waals surface area contributed by atoms with Crippen molar-refractivity contribution in [2.75, 3.05) is 6.61 Å². The number of aryl methyl sites for hydroxylation is 1. The third-order valence-electron chi connectivity index (χ3n) is 4.64. The van der Waals surface area contributed by atoms with E-state index in [1.165, 1.54) is 24.0 Å². The summed E-state index contributed by atoms with van der Waals surface area (Å²) in [5, 5.41) is 0. The van der Waals surface area contributed by atoms with E-state index in [-0.39, 0.29) is 11.6 Å². The first-order valence-electron chi connectivity index (χ1n) is 8.01. The topological polar surface area (TPSA) is 35.2 Å². The molecule has 0 amide bonds. The first-order valence-corrected chi connectivity index (χ1v) is 8.01. The highest BCUT2D eigenvalue weighted by Crippen LogP contribution is 2.38. The molecule has 0 aliphatic heterocycles. The Morgan fingerprint density at radius 1 is 1.45 bits per heavy atom. The molecule has 1 aromatic rings. The van der Waals surface area contributed by atoms with Gasteiger partial charge in [-0.15, -0.1) is 0 Å². The molecular weight excluding hydrogens is 246 g/mol. The van der Waals surface area contributed by atoms with Gasteiger partial charge < -0.3 is 10.5 Å². The standard InChI is InChI=1S/C18H29NO/c1-4-20-18(10-6-8-15(3)13-18)17(19)12-16-9-5-7-14(2)11-16/h5,7,9,11,15,17H,4,6,8,10,12-13,19H2,1-3H3. The third-order valence-corrected chi connectivity index (χ3v) is 4.64. The first-order chi connectivity index (χ1) is 9.55. The lowest BCUT2D eigenvalue weighted by molar-refractivity contribution is -0.0925. The Morgan fingerprint density at radius 3 is 2.90 bits per heavy atom. The summed E-state index contributed by atoms with van der Waals surface area (Å²) in [6.07, 6.45) is 5.68. The average Bonchev–Trinajstić information content (AvgIpc) is 2.39. The van der Waals surface area contributed by atoms with E-state index in [0.29, 0.717) is 0 Å². The van der Waals surface area contributed by atoms with Crippen molar-refractivity contribution < 1.29 is 4.74 Å². The zero-order chi connectivity index (χ0) is 14.6. The predicted octanol–water partition coefficient (Wildman–Crippen LogP) is 3.85. The monoisotopic (exact) mass is 275 g/mol. The molecule has 1 fully saturated rings. The molecule has 0 spiro atoms. The van der Waals surface area contributed by atoms with Gasteiger partial charge in [0.2, 0.25) is 0 Å². The largest absolute Gasteiger partial charge is 0.374 e. The van der Waals surface area contributed by atoms with Crippen molar-refractivity contribution >= 4 is 0 Å². The molecule has 3 atom stereocenters. The molecule has 1 aromatic carbocycles. The van der Waals surface area contributed by atoms with Gasteiger partial charge >= 0.3 is 0 Å². The fourth-order valence-electron chi connectivity index (χ4n) is 3.69. The van der Waals surface area contributed by atoms with Crippen molar-refractivity contribution in [1.82, 2.24) is 0 Å².